The normalized spacial score (nSPS) is 11.3. The van der Waals surface area contributed by atoms with Crippen molar-refractivity contribution in [3.8, 4) is 0 Å². The van der Waals surface area contributed by atoms with Gasteiger partial charge in [-0.05, 0) is 30.7 Å². The number of carbonyl (C=O) groups excluding carboxylic acids is 1. The zero-order valence-corrected chi connectivity index (χ0v) is 12.2. The van der Waals surface area contributed by atoms with Gasteiger partial charge in [-0.3, -0.25) is 4.79 Å². The summed E-state index contributed by atoms with van der Waals surface area (Å²) in [7, 11) is -3.26. The molecule has 0 heterocycles. The predicted octanol–water partition coefficient (Wildman–Crippen LogP) is 1.28. The topological polar surface area (TPSA) is 75.3 Å². The molecule has 0 unspecified atom stereocenters. The highest BCUT2D eigenvalue weighted by Gasteiger charge is 2.09. The van der Waals surface area contributed by atoms with Crippen molar-refractivity contribution in [1.29, 1.82) is 0 Å². The molecule has 5 nitrogen and oxygen atoms in total. The Bertz CT molecular complexity index is 529. The largest absolute Gasteiger partial charge is 0.351 e. The summed E-state index contributed by atoms with van der Waals surface area (Å²) in [5.74, 6) is -0.682. The van der Waals surface area contributed by atoms with E-state index in [-0.39, 0.29) is 24.7 Å². The van der Waals surface area contributed by atoms with E-state index in [1.165, 1.54) is 24.3 Å². The smallest absolute Gasteiger partial charge is 0.251 e. The second-order valence-corrected chi connectivity index (χ2v) is 6.26. The number of rotatable bonds is 8. The van der Waals surface area contributed by atoms with Gasteiger partial charge in [0.05, 0.1) is 5.75 Å². The molecule has 0 aromatic heterocycles. The fraction of sp³-hybridized carbons (Fsp3) is 0.462. The average molecular weight is 302 g/mol. The van der Waals surface area contributed by atoms with Crippen LogP contribution in [-0.4, -0.2) is 33.2 Å². The van der Waals surface area contributed by atoms with Gasteiger partial charge in [-0.1, -0.05) is 13.3 Å². The summed E-state index contributed by atoms with van der Waals surface area (Å²) in [4.78, 5) is 11.6. The van der Waals surface area contributed by atoms with Gasteiger partial charge in [-0.15, -0.1) is 0 Å². The maximum Gasteiger partial charge on any atom is 0.251 e. The number of halogens is 1. The third-order valence-electron chi connectivity index (χ3n) is 2.61. The number of sulfonamides is 1. The minimum Gasteiger partial charge on any atom is -0.351 e. The van der Waals surface area contributed by atoms with Crippen molar-refractivity contribution in [2.45, 2.75) is 19.8 Å². The van der Waals surface area contributed by atoms with Gasteiger partial charge in [0.1, 0.15) is 5.82 Å². The molecule has 0 aliphatic rings. The van der Waals surface area contributed by atoms with E-state index in [1.807, 2.05) is 6.92 Å². The van der Waals surface area contributed by atoms with Crippen LogP contribution >= 0.6 is 0 Å². The predicted molar refractivity (Wildman–Crippen MR) is 75.4 cm³/mol. The fourth-order valence-corrected chi connectivity index (χ4v) is 2.72. The van der Waals surface area contributed by atoms with Crippen LogP contribution in [0.2, 0.25) is 0 Å². The molecule has 1 rings (SSSR count). The van der Waals surface area contributed by atoms with Crippen LogP contribution in [-0.2, 0) is 10.0 Å². The highest BCUT2D eigenvalue weighted by Crippen LogP contribution is 2.02. The molecule has 0 atom stereocenters. The quantitative estimate of drug-likeness (QED) is 0.710. The van der Waals surface area contributed by atoms with Gasteiger partial charge in [0.2, 0.25) is 10.0 Å². The molecule has 0 bridgehead atoms. The Morgan fingerprint density at radius 3 is 2.45 bits per heavy atom. The highest BCUT2D eigenvalue weighted by molar-refractivity contribution is 7.89. The first-order chi connectivity index (χ1) is 9.44. The summed E-state index contributed by atoms with van der Waals surface area (Å²) < 4.78 is 38.0. The van der Waals surface area contributed by atoms with Gasteiger partial charge in [0.15, 0.2) is 0 Å². The molecule has 1 aromatic rings. The molecule has 0 radical (unpaired) electrons. The van der Waals surface area contributed by atoms with Crippen molar-refractivity contribution in [1.82, 2.24) is 10.0 Å². The van der Waals surface area contributed by atoms with Gasteiger partial charge in [0, 0.05) is 18.7 Å². The maximum absolute atomic E-state index is 12.7. The lowest BCUT2D eigenvalue weighted by Crippen LogP contribution is -2.35. The van der Waals surface area contributed by atoms with Crippen LogP contribution in [0.4, 0.5) is 4.39 Å². The molecule has 7 heteroatoms. The summed E-state index contributed by atoms with van der Waals surface area (Å²) in [6.07, 6.45) is 1.42. The Morgan fingerprint density at radius 2 is 1.85 bits per heavy atom. The van der Waals surface area contributed by atoms with Crippen LogP contribution in [0.1, 0.15) is 30.1 Å². The van der Waals surface area contributed by atoms with Crippen molar-refractivity contribution in [2.75, 3.05) is 18.8 Å². The molecule has 112 valence electrons. The first kappa shape index (κ1) is 16.6. The van der Waals surface area contributed by atoms with Crippen LogP contribution < -0.4 is 10.0 Å². The zero-order chi connectivity index (χ0) is 15.0. The number of carbonyl (C=O) groups is 1. The molecule has 2 N–H and O–H groups in total. The molecule has 20 heavy (non-hydrogen) atoms. The van der Waals surface area contributed by atoms with Gasteiger partial charge < -0.3 is 5.32 Å². The molecular weight excluding hydrogens is 283 g/mol. The standard InChI is InChI=1S/C13H19FN2O3S/c1-2-3-10-20(18,19)16-9-8-15-13(17)11-4-6-12(14)7-5-11/h4-7,16H,2-3,8-10H2,1H3,(H,15,17). The molecule has 0 aliphatic carbocycles. The minimum atomic E-state index is -3.26. The third-order valence-corrected chi connectivity index (χ3v) is 4.08. The Hall–Kier alpha value is -1.47. The number of hydrogen-bond acceptors (Lipinski definition) is 3. The summed E-state index contributed by atoms with van der Waals surface area (Å²) in [5, 5.41) is 2.56. The van der Waals surface area contributed by atoms with Crippen molar-refractivity contribution < 1.29 is 17.6 Å². The summed E-state index contributed by atoms with van der Waals surface area (Å²) in [5.41, 5.74) is 0.334. The summed E-state index contributed by atoms with van der Waals surface area (Å²) >= 11 is 0. The Morgan fingerprint density at radius 1 is 1.20 bits per heavy atom. The van der Waals surface area contributed by atoms with Crippen molar-refractivity contribution in [3.05, 3.63) is 35.6 Å². The second kappa shape index (κ2) is 7.96. The van der Waals surface area contributed by atoms with Gasteiger partial charge in [-0.25, -0.2) is 17.5 Å². The second-order valence-electron chi connectivity index (χ2n) is 4.33. The Labute approximate surface area is 118 Å². The van der Waals surface area contributed by atoms with Gasteiger partial charge in [-0.2, -0.15) is 0 Å². The Balaban J connectivity index is 2.30. The number of amides is 1. The number of nitrogens with one attached hydrogen (secondary N) is 2. The van der Waals surface area contributed by atoms with E-state index in [9.17, 15) is 17.6 Å². The molecule has 1 amide bonds. The lowest BCUT2D eigenvalue weighted by molar-refractivity contribution is 0.0954. The number of hydrogen-bond donors (Lipinski definition) is 2. The van der Waals surface area contributed by atoms with E-state index in [1.54, 1.807) is 0 Å². The van der Waals surface area contributed by atoms with E-state index in [0.29, 0.717) is 12.0 Å². The fourth-order valence-electron chi connectivity index (χ4n) is 1.49. The molecule has 0 saturated heterocycles. The van der Waals surface area contributed by atoms with E-state index in [4.69, 9.17) is 0 Å². The van der Waals surface area contributed by atoms with Crippen LogP contribution in [0.5, 0.6) is 0 Å². The molecule has 1 aromatic carbocycles. The van der Waals surface area contributed by atoms with E-state index >= 15 is 0 Å². The average Bonchev–Trinajstić information content (AvgIpc) is 2.42. The van der Waals surface area contributed by atoms with Crippen LogP contribution in [0.15, 0.2) is 24.3 Å². The SMILES string of the molecule is CCCCS(=O)(=O)NCCNC(=O)c1ccc(F)cc1. The number of benzene rings is 1. The van der Waals surface area contributed by atoms with E-state index < -0.39 is 15.8 Å². The van der Waals surface area contributed by atoms with Crippen molar-refractivity contribution >= 4 is 15.9 Å². The summed E-state index contributed by atoms with van der Waals surface area (Å²) in [6, 6.07) is 5.14. The molecular formula is C13H19FN2O3S. The van der Waals surface area contributed by atoms with E-state index in [0.717, 1.165) is 6.42 Å². The zero-order valence-electron chi connectivity index (χ0n) is 11.4. The van der Waals surface area contributed by atoms with Crippen LogP contribution in [0.25, 0.3) is 0 Å². The molecule has 0 aliphatic heterocycles. The number of unbranched alkanes of at least 4 members (excludes halogenated alkanes) is 1. The minimum absolute atomic E-state index is 0.0927. The van der Waals surface area contributed by atoms with Gasteiger partial charge in [0.25, 0.3) is 5.91 Å². The maximum atomic E-state index is 12.7. The van der Waals surface area contributed by atoms with E-state index in [2.05, 4.69) is 10.0 Å². The Kier molecular flexibility index (Phi) is 6.60. The molecule has 0 spiro atoms. The van der Waals surface area contributed by atoms with Crippen molar-refractivity contribution in [2.24, 2.45) is 0 Å². The molecule has 0 fully saturated rings. The lowest BCUT2D eigenvalue weighted by Gasteiger charge is -2.07. The van der Waals surface area contributed by atoms with Crippen molar-refractivity contribution in [3.63, 3.8) is 0 Å². The van der Waals surface area contributed by atoms with Crippen LogP contribution in [0.3, 0.4) is 0 Å². The monoisotopic (exact) mass is 302 g/mol. The molecule has 0 saturated carbocycles. The van der Waals surface area contributed by atoms with Crippen LogP contribution in [0, 0.1) is 5.82 Å². The first-order valence-electron chi connectivity index (χ1n) is 6.45. The first-order valence-corrected chi connectivity index (χ1v) is 8.11. The van der Waals surface area contributed by atoms with Gasteiger partial charge >= 0.3 is 0 Å². The lowest BCUT2D eigenvalue weighted by atomic mass is 10.2. The third kappa shape index (κ3) is 6.12. The highest BCUT2D eigenvalue weighted by atomic mass is 32.2. The summed E-state index contributed by atoms with van der Waals surface area (Å²) in [6.45, 7) is 2.24.